The molecule has 7 heteroatoms. The Hall–Kier alpha value is -2.15. The van der Waals surface area contributed by atoms with Crippen LogP contribution in [0.25, 0.3) is 0 Å². The van der Waals surface area contributed by atoms with E-state index in [0.717, 1.165) is 5.69 Å². The van der Waals surface area contributed by atoms with E-state index >= 15 is 0 Å². The van der Waals surface area contributed by atoms with Crippen molar-refractivity contribution in [1.29, 1.82) is 0 Å². The number of anilines is 1. The lowest BCUT2D eigenvalue weighted by Crippen LogP contribution is -2.26. The number of ether oxygens (including phenoxy) is 1. The summed E-state index contributed by atoms with van der Waals surface area (Å²) in [5.41, 5.74) is 6.22. The molecule has 1 unspecified atom stereocenters. The van der Waals surface area contributed by atoms with Crippen molar-refractivity contribution in [3.63, 3.8) is 0 Å². The van der Waals surface area contributed by atoms with Gasteiger partial charge in [-0.05, 0) is 19.1 Å². The van der Waals surface area contributed by atoms with E-state index in [2.05, 4.69) is 10.3 Å². The summed E-state index contributed by atoms with van der Waals surface area (Å²) in [7, 11) is 1.42. The molecule has 1 heterocycles. The molecule has 0 radical (unpaired) electrons. The van der Waals surface area contributed by atoms with Crippen LogP contribution >= 0.6 is 0 Å². The Morgan fingerprint density at radius 2 is 2.21 bits per heavy atom. The van der Waals surface area contributed by atoms with Crippen molar-refractivity contribution >= 4 is 17.7 Å². The average Bonchev–Trinajstić information content (AvgIpc) is 2.33. The molecular formula is C12H17N3O4. The van der Waals surface area contributed by atoms with Crippen LogP contribution in [0.2, 0.25) is 0 Å². The van der Waals surface area contributed by atoms with E-state index in [1.165, 1.54) is 7.11 Å². The maximum absolute atomic E-state index is 11.2. The molecule has 0 spiro atoms. The molecular weight excluding hydrogens is 250 g/mol. The van der Waals surface area contributed by atoms with Gasteiger partial charge in [-0.2, -0.15) is 0 Å². The number of amides is 1. The smallest absolute Gasteiger partial charge is 0.306 e. The van der Waals surface area contributed by atoms with Crippen LogP contribution in [0.4, 0.5) is 5.82 Å². The number of nitrogens with two attached hydrogens (primary N) is 1. The van der Waals surface area contributed by atoms with Gasteiger partial charge < -0.3 is 20.9 Å². The van der Waals surface area contributed by atoms with E-state index in [4.69, 9.17) is 15.6 Å². The molecule has 1 atom stereocenters. The first kappa shape index (κ1) is 14.9. The minimum atomic E-state index is -0.957. The van der Waals surface area contributed by atoms with Crippen LogP contribution in [0.15, 0.2) is 12.1 Å². The van der Waals surface area contributed by atoms with E-state index in [1.807, 2.05) is 0 Å². The van der Waals surface area contributed by atoms with Crippen molar-refractivity contribution in [3.8, 4) is 0 Å². The largest absolute Gasteiger partial charge is 0.481 e. The number of hydrogen-bond donors (Lipinski definition) is 3. The second-order valence-corrected chi connectivity index (χ2v) is 4.05. The Balaban J connectivity index is 2.78. The molecule has 0 aromatic carbocycles. The first-order valence-corrected chi connectivity index (χ1v) is 5.70. The number of aryl methyl sites for hydroxylation is 1. The van der Waals surface area contributed by atoms with Crippen molar-refractivity contribution in [3.05, 3.63) is 23.4 Å². The Bertz CT molecular complexity index is 476. The van der Waals surface area contributed by atoms with Gasteiger partial charge in [-0.25, -0.2) is 4.98 Å². The van der Waals surface area contributed by atoms with E-state index in [9.17, 15) is 9.59 Å². The first-order valence-electron chi connectivity index (χ1n) is 5.70. The zero-order chi connectivity index (χ0) is 14.4. The molecule has 0 fully saturated rings. The van der Waals surface area contributed by atoms with Crippen molar-refractivity contribution in [2.75, 3.05) is 19.0 Å². The number of aromatic nitrogens is 1. The summed E-state index contributed by atoms with van der Waals surface area (Å²) >= 11 is 0. The van der Waals surface area contributed by atoms with Crippen LogP contribution in [0, 0.1) is 6.92 Å². The van der Waals surface area contributed by atoms with Crippen LogP contribution in [0.3, 0.4) is 0 Å². The summed E-state index contributed by atoms with van der Waals surface area (Å²) in [5.74, 6) is -1.22. The highest BCUT2D eigenvalue weighted by Crippen LogP contribution is 2.13. The number of pyridine rings is 1. The van der Waals surface area contributed by atoms with Crippen molar-refractivity contribution in [2.45, 2.75) is 19.4 Å². The van der Waals surface area contributed by atoms with Crippen LogP contribution < -0.4 is 11.1 Å². The average molecular weight is 267 g/mol. The minimum Gasteiger partial charge on any atom is -0.481 e. The van der Waals surface area contributed by atoms with Gasteiger partial charge in [0.15, 0.2) is 0 Å². The monoisotopic (exact) mass is 267 g/mol. The number of primary amides is 1. The molecule has 1 amide bonds. The summed E-state index contributed by atoms with van der Waals surface area (Å²) < 4.78 is 5.03. The normalized spacial score (nSPS) is 11.9. The molecule has 1 rings (SSSR count). The van der Waals surface area contributed by atoms with Gasteiger partial charge in [0.05, 0.1) is 18.1 Å². The number of aliphatic carboxylic acids is 1. The molecule has 0 aliphatic rings. The zero-order valence-corrected chi connectivity index (χ0v) is 10.8. The van der Waals surface area contributed by atoms with Gasteiger partial charge in [0.25, 0.3) is 5.91 Å². The van der Waals surface area contributed by atoms with Crippen LogP contribution in [-0.2, 0) is 9.53 Å². The Kier molecular flexibility index (Phi) is 5.25. The molecule has 0 aliphatic heterocycles. The van der Waals surface area contributed by atoms with Gasteiger partial charge in [-0.3, -0.25) is 9.59 Å². The SMILES string of the molecule is COC(CNc1nc(C)ccc1C(N)=O)CC(=O)O. The number of carboxylic acid groups (broad SMARTS) is 1. The van der Waals surface area contributed by atoms with Crippen LogP contribution in [0.5, 0.6) is 0 Å². The molecule has 0 saturated carbocycles. The van der Waals surface area contributed by atoms with E-state index in [1.54, 1.807) is 19.1 Å². The molecule has 104 valence electrons. The van der Waals surface area contributed by atoms with Gasteiger partial charge in [0.1, 0.15) is 5.82 Å². The molecule has 0 bridgehead atoms. The van der Waals surface area contributed by atoms with E-state index in [0.29, 0.717) is 5.82 Å². The molecule has 0 saturated heterocycles. The number of carboxylic acids is 1. The fraction of sp³-hybridized carbons (Fsp3) is 0.417. The minimum absolute atomic E-state index is 0.138. The predicted molar refractivity (Wildman–Crippen MR) is 69.0 cm³/mol. The molecule has 1 aromatic heterocycles. The quantitative estimate of drug-likeness (QED) is 0.658. The van der Waals surface area contributed by atoms with E-state index < -0.39 is 18.0 Å². The molecule has 1 aromatic rings. The van der Waals surface area contributed by atoms with Gasteiger partial charge in [-0.1, -0.05) is 0 Å². The highest BCUT2D eigenvalue weighted by Gasteiger charge is 2.15. The number of nitrogens with one attached hydrogen (secondary N) is 1. The first-order chi connectivity index (χ1) is 8.93. The molecule has 4 N–H and O–H groups in total. The molecule has 7 nitrogen and oxygen atoms in total. The lowest BCUT2D eigenvalue weighted by molar-refractivity contribution is -0.139. The Labute approximate surface area is 110 Å². The lowest BCUT2D eigenvalue weighted by atomic mass is 10.2. The summed E-state index contributed by atoms with van der Waals surface area (Å²) in [5, 5.41) is 11.6. The fourth-order valence-electron chi connectivity index (χ4n) is 1.53. The van der Waals surface area contributed by atoms with Gasteiger partial charge in [0.2, 0.25) is 0 Å². The summed E-state index contributed by atoms with van der Waals surface area (Å²) in [6.07, 6.45) is -0.651. The summed E-state index contributed by atoms with van der Waals surface area (Å²) in [4.78, 5) is 26.0. The highest BCUT2D eigenvalue weighted by molar-refractivity contribution is 5.97. The number of hydrogen-bond acceptors (Lipinski definition) is 5. The third kappa shape index (κ3) is 4.55. The second kappa shape index (κ2) is 6.69. The van der Waals surface area contributed by atoms with Gasteiger partial charge in [-0.15, -0.1) is 0 Å². The highest BCUT2D eigenvalue weighted by atomic mass is 16.5. The molecule has 0 aliphatic carbocycles. The second-order valence-electron chi connectivity index (χ2n) is 4.05. The summed E-state index contributed by atoms with van der Waals surface area (Å²) in [6.45, 7) is 2.00. The number of carbonyl (C=O) groups excluding carboxylic acids is 1. The van der Waals surface area contributed by atoms with Gasteiger partial charge >= 0.3 is 5.97 Å². The molecule has 19 heavy (non-hydrogen) atoms. The van der Waals surface area contributed by atoms with Crippen molar-refractivity contribution < 1.29 is 19.4 Å². The Morgan fingerprint density at radius 3 is 2.74 bits per heavy atom. The number of nitrogens with zero attached hydrogens (tertiary/aromatic N) is 1. The number of carbonyl (C=O) groups is 2. The zero-order valence-electron chi connectivity index (χ0n) is 10.8. The third-order valence-corrected chi connectivity index (χ3v) is 2.53. The standard InChI is InChI=1S/C12H17N3O4/c1-7-3-4-9(11(13)18)12(15-7)14-6-8(19-2)5-10(16)17/h3-4,8H,5-6H2,1-2H3,(H2,13,18)(H,14,15)(H,16,17). The maximum atomic E-state index is 11.2. The maximum Gasteiger partial charge on any atom is 0.306 e. The van der Waals surface area contributed by atoms with Gasteiger partial charge in [0, 0.05) is 19.3 Å². The van der Waals surface area contributed by atoms with Crippen LogP contribution in [-0.4, -0.2) is 41.7 Å². The van der Waals surface area contributed by atoms with Crippen molar-refractivity contribution in [1.82, 2.24) is 4.98 Å². The third-order valence-electron chi connectivity index (χ3n) is 2.53. The van der Waals surface area contributed by atoms with E-state index in [-0.39, 0.29) is 18.5 Å². The Morgan fingerprint density at radius 1 is 1.53 bits per heavy atom. The predicted octanol–water partition coefficient (Wildman–Crippen LogP) is 0.391. The summed E-state index contributed by atoms with van der Waals surface area (Å²) in [6, 6.07) is 3.25. The van der Waals surface area contributed by atoms with Crippen LogP contribution in [0.1, 0.15) is 22.5 Å². The van der Waals surface area contributed by atoms with Crippen molar-refractivity contribution in [2.24, 2.45) is 5.73 Å². The number of methoxy groups -OCH3 is 1. The topological polar surface area (TPSA) is 115 Å². The lowest BCUT2D eigenvalue weighted by Gasteiger charge is -2.15. The number of rotatable bonds is 7. The fourth-order valence-corrected chi connectivity index (χ4v) is 1.53.